The topological polar surface area (TPSA) is 24.8 Å². The number of aliphatic imine (C=N–C) groups is 1. The van der Waals surface area contributed by atoms with Gasteiger partial charge in [0.2, 0.25) is 0 Å². The van der Waals surface area contributed by atoms with Crippen molar-refractivity contribution in [2.45, 2.75) is 33.6 Å². The maximum Gasteiger partial charge on any atom is 0.131 e. The number of hydrogen-bond donors (Lipinski definition) is 0. The first-order valence-corrected chi connectivity index (χ1v) is 8.61. The normalized spacial score (nSPS) is 11.3. The van der Waals surface area contributed by atoms with Crippen molar-refractivity contribution in [3.63, 3.8) is 0 Å². The highest BCUT2D eigenvalue weighted by molar-refractivity contribution is 6.33. The summed E-state index contributed by atoms with van der Waals surface area (Å²) in [6.07, 6.45) is 1.79. The monoisotopic (exact) mass is 344 g/mol. The Morgan fingerprint density at radius 2 is 2.00 bits per heavy atom. The van der Waals surface area contributed by atoms with Crippen molar-refractivity contribution in [3.05, 3.63) is 52.5 Å². The van der Waals surface area contributed by atoms with E-state index in [9.17, 15) is 0 Å². The zero-order valence-electron chi connectivity index (χ0n) is 15.0. The summed E-state index contributed by atoms with van der Waals surface area (Å²) < 4.78 is 6.04. The fourth-order valence-corrected chi connectivity index (χ4v) is 2.37. The number of aryl methyl sites for hydroxylation is 1. The number of ether oxygens (including phenoxy) is 1. The quantitative estimate of drug-likeness (QED) is 0.462. The van der Waals surface area contributed by atoms with Crippen molar-refractivity contribution in [1.29, 1.82) is 0 Å². The first-order valence-electron chi connectivity index (χ1n) is 8.23. The SMILES string of the molecule is CCN(C)C=Nc1cc(C)c(Oc2cccc(C(C)C)c2)cc1Cl. The molecule has 0 aliphatic rings. The molecule has 0 aliphatic carbocycles. The summed E-state index contributed by atoms with van der Waals surface area (Å²) in [6, 6.07) is 11.9. The van der Waals surface area contributed by atoms with Crippen molar-refractivity contribution in [3.8, 4) is 11.5 Å². The average molecular weight is 345 g/mol. The summed E-state index contributed by atoms with van der Waals surface area (Å²) in [5, 5.41) is 0.580. The van der Waals surface area contributed by atoms with E-state index < -0.39 is 0 Å². The molecule has 0 heterocycles. The molecule has 0 fully saturated rings. The molecule has 0 bridgehead atoms. The van der Waals surface area contributed by atoms with Gasteiger partial charge in [-0.15, -0.1) is 0 Å². The Morgan fingerprint density at radius 1 is 1.25 bits per heavy atom. The minimum atomic E-state index is 0.463. The van der Waals surface area contributed by atoms with Crippen LogP contribution in [-0.2, 0) is 0 Å². The maximum atomic E-state index is 6.36. The van der Waals surface area contributed by atoms with E-state index >= 15 is 0 Å². The highest BCUT2D eigenvalue weighted by Crippen LogP contribution is 2.35. The molecule has 0 aromatic heterocycles. The smallest absolute Gasteiger partial charge is 0.131 e. The molecule has 0 N–H and O–H groups in total. The van der Waals surface area contributed by atoms with Crippen LogP contribution in [-0.4, -0.2) is 24.8 Å². The van der Waals surface area contributed by atoms with E-state index in [1.54, 1.807) is 6.34 Å². The van der Waals surface area contributed by atoms with Crippen LogP contribution < -0.4 is 4.74 Å². The standard InChI is InChI=1S/C20H25ClN2O/c1-6-23(5)13-22-19-10-15(4)20(12-18(19)21)24-17-9-7-8-16(11-17)14(2)3/h7-14H,6H2,1-5H3. The highest BCUT2D eigenvalue weighted by atomic mass is 35.5. The molecular formula is C20H25ClN2O. The molecule has 0 spiro atoms. The second-order valence-corrected chi connectivity index (χ2v) is 6.62. The van der Waals surface area contributed by atoms with E-state index in [0.717, 1.165) is 29.3 Å². The number of hydrogen-bond acceptors (Lipinski definition) is 2. The van der Waals surface area contributed by atoms with Crippen LogP contribution in [0.4, 0.5) is 5.69 Å². The Morgan fingerprint density at radius 3 is 2.67 bits per heavy atom. The van der Waals surface area contributed by atoms with Crippen LogP contribution in [0.2, 0.25) is 5.02 Å². The summed E-state index contributed by atoms with van der Waals surface area (Å²) in [6.45, 7) is 9.30. The molecule has 4 heteroatoms. The van der Waals surface area contributed by atoms with Gasteiger partial charge in [-0.3, -0.25) is 0 Å². The summed E-state index contributed by atoms with van der Waals surface area (Å²) in [5.74, 6) is 2.04. The Kier molecular flexibility index (Phi) is 6.27. The van der Waals surface area contributed by atoms with Crippen LogP contribution in [0, 0.1) is 6.92 Å². The largest absolute Gasteiger partial charge is 0.457 e. The molecule has 0 saturated carbocycles. The van der Waals surface area contributed by atoms with Crippen LogP contribution in [0.3, 0.4) is 0 Å². The fraction of sp³-hybridized carbons (Fsp3) is 0.350. The lowest BCUT2D eigenvalue weighted by atomic mass is 10.0. The summed E-state index contributed by atoms with van der Waals surface area (Å²) in [5.41, 5.74) is 3.00. The molecule has 0 radical (unpaired) electrons. The maximum absolute atomic E-state index is 6.36. The van der Waals surface area contributed by atoms with Gasteiger partial charge in [0, 0.05) is 19.7 Å². The molecule has 2 aromatic rings. The van der Waals surface area contributed by atoms with Gasteiger partial charge in [-0.1, -0.05) is 37.6 Å². The van der Waals surface area contributed by atoms with Crippen molar-refractivity contribution in [2.75, 3.05) is 13.6 Å². The van der Waals surface area contributed by atoms with E-state index in [2.05, 4.69) is 37.9 Å². The van der Waals surface area contributed by atoms with Crippen LogP contribution in [0.1, 0.15) is 37.8 Å². The average Bonchev–Trinajstić information content (AvgIpc) is 2.56. The number of rotatable bonds is 6. The van der Waals surface area contributed by atoms with Crippen LogP contribution >= 0.6 is 11.6 Å². The van der Waals surface area contributed by atoms with Crippen LogP contribution in [0.25, 0.3) is 0 Å². The van der Waals surface area contributed by atoms with Crippen molar-refractivity contribution < 1.29 is 4.74 Å². The van der Waals surface area contributed by atoms with E-state index in [4.69, 9.17) is 16.3 Å². The molecule has 0 aliphatic heterocycles. The van der Waals surface area contributed by atoms with Crippen LogP contribution in [0.15, 0.2) is 41.4 Å². The van der Waals surface area contributed by atoms with E-state index in [-0.39, 0.29) is 0 Å². The predicted molar refractivity (Wildman–Crippen MR) is 103 cm³/mol. The van der Waals surface area contributed by atoms with Gasteiger partial charge in [-0.25, -0.2) is 4.99 Å². The molecule has 3 nitrogen and oxygen atoms in total. The van der Waals surface area contributed by atoms with Gasteiger partial charge < -0.3 is 9.64 Å². The number of nitrogens with zero attached hydrogens (tertiary/aromatic N) is 2. The van der Waals surface area contributed by atoms with Crippen LogP contribution in [0.5, 0.6) is 11.5 Å². The fourth-order valence-electron chi connectivity index (χ4n) is 2.16. The van der Waals surface area contributed by atoms with Crippen molar-refractivity contribution in [1.82, 2.24) is 4.90 Å². The minimum Gasteiger partial charge on any atom is -0.457 e. The van der Waals surface area contributed by atoms with Gasteiger partial charge in [0.15, 0.2) is 0 Å². The molecule has 2 rings (SSSR count). The minimum absolute atomic E-state index is 0.463. The highest BCUT2D eigenvalue weighted by Gasteiger charge is 2.09. The van der Waals surface area contributed by atoms with Gasteiger partial charge in [-0.2, -0.15) is 0 Å². The molecular weight excluding hydrogens is 320 g/mol. The lowest BCUT2D eigenvalue weighted by molar-refractivity contribution is 0.478. The lowest BCUT2D eigenvalue weighted by Crippen LogP contribution is -2.14. The van der Waals surface area contributed by atoms with Gasteiger partial charge >= 0.3 is 0 Å². The first kappa shape index (κ1) is 18.3. The Bertz CT molecular complexity index is 726. The predicted octanol–water partition coefficient (Wildman–Crippen LogP) is 6.18. The zero-order valence-corrected chi connectivity index (χ0v) is 15.8. The molecule has 0 amide bonds. The van der Waals surface area contributed by atoms with Crippen molar-refractivity contribution in [2.24, 2.45) is 4.99 Å². The van der Waals surface area contributed by atoms with E-state index in [0.29, 0.717) is 10.9 Å². The summed E-state index contributed by atoms with van der Waals surface area (Å²) in [4.78, 5) is 6.43. The van der Waals surface area contributed by atoms with Gasteiger partial charge in [0.25, 0.3) is 0 Å². The molecule has 24 heavy (non-hydrogen) atoms. The third-order valence-corrected chi connectivity index (χ3v) is 4.19. The first-order chi connectivity index (χ1) is 11.4. The molecule has 0 atom stereocenters. The van der Waals surface area contributed by atoms with Gasteiger partial charge in [0.05, 0.1) is 17.0 Å². The molecule has 128 valence electrons. The van der Waals surface area contributed by atoms with Gasteiger partial charge in [0.1, 0.15) is 11.5 Å². The molecule has 2 aromatic carbocycles. The summed E-state index contributed by atoms with van der Waals surface area (Å²) >= 11 is 6.36. The third-order valence-electron chi connectivity index (χ3n) is 3.89. The van der Waals surface area contributed by atoms with E-state index in [1.165, 1.54) is 5.56 Å². The Labute approximate surface area is 149 Å². The second kappa shape index (κ2) is 8.20. The second-order valence-electron chi connectivity index (χ2n) is 6.22. The van der Waals surface area contributed by atoms with E-state index in [1.807, 2.05) is 43.1 Å². The van der Waals surface area contributed by atoms with Crippen molar-refractivity contribution >= 4 is 23.6 Å². The van der Waals surface area contributed by atoms with Gasteiger partial charge in [-0.05, 0) is 49.1 Å². The number of halogens is 1. The Hall–Kier alpha value is -2.00. The number of benzene rings is 2. The molecule has 0 saturated heterocycles. The Balaban J connectivity index is 2.24. The summed E-state index contributed by atoms with van der Waals surface area (Å²) in [7, 11) is 1.98. The third kappa shape index (κ3) is 4.75. The lowest BCUT2D eigenvalue weighted by Gasteiger charge is -2.13. The zero-order chi connectivity index (χ0) is 17.7. The molecule has 0 unspecified atom stereocenters.